The van der Waals surface area contributed by atoms with Crippen molar-refractivity contribution >= 4 is 17.5 Å². The third-order valence-corrected chi connectivity index (χ3v) is 3.24. The zero-order valence-electron chi connectivity index (χ0n) is 12.3. The average molecular weight is 327 g/mol. The highest BCUT2D eigenvalue weighted by Gasteiger charge is 2.18. The molecule has 0 aliphatic carbocycles. The van der Waals surface area contributed by atoms with E-state index in [1.54, 1.807) is 24.3 Å². The van der Waals surface area contributed by atoms with Gasteiger partial charge in [-0.1, -0.05) is 12.1 Å². The minimum absolute atomic E-state index is 0.0606. The first-order valence-electron chi connectivity index (χ1n) is 6.87. The van der Waals surface area contributed by atoms with Crippen molar-refractivity contribution in [3.05, 3.63) is 60.1 Å². The number of hydrogen-bond acceptors (Lipinski definition) is 6. The highest BCUT2D eigenvalue weighted by molar-refractivity contribution is 6.06. The molecule has 24 heavy (non-hydrogen) atoms. The number of carbonyl (C=O) groups excluding carboxylic acids is 2. The van der Waals surface area contributed by atoms with Gasteiger partial charge in [-0.2, -0.15) is 5.10 Å². The molecule has 0 radical (unpaired) electrons. The van der Waals surface area contributed by atoms with E-state index in [9.17, 15) is 9.59 Å². The van der Waals surface area contributed by atoms with Crippen molar-refractivity contribution in [1.29, 1.82) is 0 Å². The number of nitrogens with one attached hydrogen (secondary N) is 1. The second-order valence-electron chi connectivity index (χ2n) is 4.85. The standard InChI is InChI=1S/C15H13N5O4/c16-14(22)13-11(18-15(23)12-7-24-8-17-12)5-20(19-13)10-3-1-9(6-21)2-4-10/h1-5,7-8,21H,6H2,(H2,16,22)(H,18,23). The number of primary amides is 1. The molecule has 3 rings (SSSR count). The van der Waals surface area contributed by atoms with Gasteiger partial charge < -0.3 is 20.6 Å². The summed E-state index contributed by atoms with van der Waals surface area (Å²) in [5.41, 5.74) is 6.82. The van der Waals surface area contributed by atoms with Crippen molar-refractivity contribution in [3.63, 3.8) is 0 Å². The molecule has 0 saturated carbocycles. The summed E-state index contributed by atoms with van der Waals surface area (Å²) in [6.07, 6.45) is 3.76. The molecule has 0 aliphatic heterocycles. The number of anilines is 1. The van der Waals surface area contributed by atoms with E-state index in [1.165, 1.54) is 17.1 Å². The van der Waals surface area contributed by atoms with Gasteiger partial charge in [0.1, 0.15) is 6.26 Å². The number of aliphatic hydroxyl groups excluding tert-OH is 1. The predicted octanol–water partition coefficient (Wildman–Crippen LogP) is 0.704. The fourth-order valence-corrected chi connectivity index (χ4v) is 2.04. The minimum atomic E-state index is -0.781. The van der Waals surface area contributed by atoms with E-state index >= 15 is 0 Å². The van der Waals surface area contributed by atoms with Crippen LogP contribution in [-0.2, 0) is 6.61 Å². The van der Waals surface area contributed by atoms with Gasteiger partial charge in [-0.3, -0.25) is 9.59 Å². The van der Waals surface area contributed by atoms with Crippen LogP contribution in [0.15, 0.2) is 47.5 Å². The topological polar surface area (TPSA) is 136 Å². The first-order valence-corrected chi connectivity index (χ1v) is 6.87. The third kappa shape index (κ3) is 3.01. The Hall–Kier alpha value is -3.46. The molecule has 4 N–H and O–H groups in total. The number of hydrogen-bond donors (Lipinski definition) is 3. The fourth-order valence-electron chi connectivity index (χ4n) is 2.04. The Kier molecular flexibility index (Phi) is 4.08. The molecule has 2 amide bonds. The summed E-state index contributed by atoms with van der Waals surface area (Å²) in [7, 11) is 0. The zero-order chi connectivity index (χ0) is 17.1. The van der Waals surface area contributed by atoms with E-state index in [2.05, 4.69) is 15.4 Å². The third-order valence-electron chi connectivity index (χ3n) is 3.24. The Bertz CT molecular complexity index is 868. The smallest absolute Gasteiger partial charge is 0.277 e. The van der Waals surface area contributed by atoms with E-state index in [0.29, 0.717) is 5.69 Å². The molecular weight excluding hydrogens is 314 g/mol. The maximum Gasteiger partial charge on any atom is 0.277 e. The SMILES string of the molecule is NC(=O)c1nn(-c2ccc(CO)cc2)cc1NC(=O)c1cocn1. The molecule has 2 heterocycles. The largest absolute Gasteiger partial charge is 0.451 e. The van der Waals surface area contributed by atoms with E-state index in [1.807, 2.05) is 0 Å². The Morgan fingerprint density at radius 3 is 2.62 bits per heavy atom. The van der Waals surface area contributed by atoms with Crippen molar-refractivity contribution in [1.82, 2.24) is 14.8 Å². The summed E-state index contributed by atoms with van der Waals surface area (Å²) in [5, 5.41) is 15.7. The van der Waals surface area contributed by atoms with Crippen LogP contribution in [0.3, 0.4) is 0 Å². The average Bonchev–Trinajstić information content (AvgIpc) is 3.24. The second-order valence-corrected chi connectivity index (χ2v) is 4.85. The summed E-state index contributed by atoms with van der Waals surface area (Å²) in [5.74, 6) is -1.34. The number of amides is 2. The Morgan fingerprint density at radius 2 is 2.04 bits per heavy atom. The highest BCUT2D eigenvalue weighted by atomic mass is 16.3. The molecule has 0 aliphatic rings. The quantitative estimate of drug-likeness (QED) is 0.631. The van der Waals surface area contributed by atoms with Crippen molar-refractivity contribution in [3.8, 4) is 5.69 Å². The maximum atomic E-state index is 12.0. The number of nitrogens with two attached hydrogens (primary N) is 1. The molecule has 2 aromatic heterocycles. The molecule has 122 valence electrons. The van der Waals surface area contributed by atoms with Gasteiger partial charge in [-0.05, 0) is 17.7 Å². The van der Waals surface area contributed by atoms with Crippen molar-refractivity contribution < 1.29 is 19.1 Å². The summed E-state index contributed by atoms with van der Waals surface area (Å²) in [6, 6.07) is 6.86. The lowest BCUT2D eigenvalue weighted by Crippen LogP contribution is -2.18. The van der Waals surface area contributed by atoms with Gasteiger partial charge in [-0.25, -0.2) is 9.67 Å². The number of benzene rings is 1. The van der Waals surface area contributed by atoms with Crippen LogP contribution in [0.25, 0.3) is 5.69 Å². The van der Waals surface area contributed by atoms with Crippen LogP contribution in [0.5, 0.6) is 0 Å². The molecule has 0 unspecified atom stereocenters. The first-order chi connectivity index (χ1) is 11.6. The summed E-state index contributed by atoms with van der Waals surface area (Å²) >= 11 is 0. The molecule has 9 nitrogen and oxygen atoms in total. The zero-order valence-corrected chi connectivity index (χ0v) is 12.3. The summed E-state index contributed by atoms with van der Waals surface area (Å²) in [6.45, 7) is -0.0784. The number of oxazole rings is 1. The number of nitrogens with zero attached hydrogens (tertiary/aromatic N) is 3. The highest BCUT2D eigenvalue weighted by Crippen LogP contribution is 2.18. The van der Waals surface area contributed by atoms with Crippen LogP contribution in [-0.4, -0.2) is 31.7 Å². The molecule has 0 spiro atoms. The van der Waals surface area contributed by atoms with Crippen LogP contribution >= 0.6 is 0 Å². The van der Waals surface area contributed by atoms with E-state index < -0.39 is 11.8 Å². The molecule has 0 bridgehead atoms. The number of rotatable bonds is 5. The van der Waals surface area contributed by atoms with Gasteiger partial charge in [0.2, 0.25) is 0 Å². The maximum absolute atomic E-state index is 12.0. The van der Waals surface area contributed by atoms with Crippen molar-refractivity contribution in [2.75, 3.05) is 5.32 Å². The Labute approximate surface area is 135 Å². The predicted molar refractivity (Wildman–Crippen MR) is 82.5 cm³/mol. The van der Waals surface area contributed by atoms with E-state index in [-0.39, 0.29) is 23.7 Å². The molecule has 0 atom stereocenters. The molecular formula is C15H13N5O4. The van der Waals surface area contributed by atoms with Crippen LogP contribution in [0.4, 0.5) is 5.69 Å². The lowest BCUT2D eigenvalue weighted by atomic mass is 10.2. The van der Waals surface area contributed by atoms with Crippen molar-refractivity contribution in [2.24, 2.45) is 5.73 Å². The number of carbonyl (C=O) groups is 2. The van der Waals surface area contributed by atoms with Crippen LogP contribution in [0.1, 0.15) is 26.5 Å². The normalized spacial score (nSPS) is 10.5. The van der Waals surface area contributed by atoms with Gasteiger partial charge in [0.15, 0.2) is 17.8 Å². The van der Waals surface area contributed by atoms with Gasteiger partial charge in [-0.15, -0.1) is 0 Å². The van der Waals surface area contributed by atoms with Crippen LogP contribution < -0.4 is 11.1 Å². The molecule has 3 aromatic rings. The summed E-state index contributed by atoms with van der Waals surface area (Å²) in [4.78, 5) is 27.3. The number of aliphatic hydroxyl groups is 1. The molecule has 9 heteroatoms. The monoisotopic (exact) mass is 327 g/mol. The molecule has 1 aromatic carbocycles. The molecule has 0 fully saturated rings. The van der Waals surface area contributed by atoms with Gasteiger partial charge >= 0.3 is 0 Å². The van der Waals surface area contributed by atoms with Crippen LogP contribution in [0, 0.1) is 0 Å². The lowest BCUT2D eigenvalue weighted by Gasteiger charge is -2.02. The Balaban J connectivity index is 1.92. The lowest BCUT2D eigenvalue weighted by molar-refractivity contribution is 0.0996. The van der Waals surface area contributed by atoms with Gasteiger partial charge in [0.05, 0.1) is 24.2 Å². The van der Waals surface area contributed by atoms with E-state index in [0.717, 1.165) is 12.0 Å². The summed E-state index contributed by atoms with van der Waals surface area (Å²) < 4.78 is 6.14. The second kappa shape index (κ2) is 6.34. The molecule has 0 saturated heterocycles. The fraction of sp³-hybridized carbons (Fsp3) is 0.0667. The minimum Gasteiger partial charge on any atom is -0.451 e. The van der Waals surface area contributed by atoms with Crippen molar-refractivity contribution in [2.45, 2.75) is 6.61 Å². The van der Waals surface area contributed by atoms with Gasteiger partial charge in [0.25, 0.3) is 11.8 Å². The number of aromatic nitrogens is 3. The Morgan fingerprint density at radius 1 is 1.29 bits per heavy atom. The van der Waals surface area contributed by atoms with Gasteiger partial charge in [0, 0.05) is 0 Å². The first kappa shape index (κ1) is 15.4. The van der Waals surface area contributed by atoms with Crippen LogP contribution in [0.2, 0.25) is 0 Å². The van der Waals surface area contributed by atoms with E-state index in [4.69, 9.17) is 15.3 Å².